The van der Waals surface area contributed by atoms with Gasteiger partial charge in [0.15, 0.2) is 0 Å². The Labute approximate surface area is 146 Å². The zero-order valence-electron chi connectivity index (χ0n) is 13.3. The van der Waals surface area contributed by atoms with E-state index in [1.165, 1.54) is 18.4 Å². The molecule has 0 atom stereocenters. The van der Waals surface area contributed by atoms with Crippen LogP contribution in [0.15, 0.2) is 5.38 Å². The molecule has 23 heavy (non-hydrogen) atoms. The van der Waals surface area contributed by atoms with Gasteiger partial charge in [0, 0.05) is 11.8 Å². The number of thiazole rings is 1. The maximum atomic E-state index is 12.5. The molecule has 1 aliphatic rings. The predicted molar refractivity (Wildman–Crippen MR) is 92.0 cm³/mol. The summed E-state index contributed by atoms with van der Waals surface area (Å²) in [7, 11) is 1.36. The van der Waals surface area contributed by atoms with E-state index in [1.54, 1.807) is 5.38 Å². The van der Waals surface area contributed by atoms with E-state index >= 15 is 0 Å². The van der Waals surface area contributed by atoms with E-state index in [0.29, 0.717) is 31.5 Å². The van der Waals surface area contributed by atoms with E-state index in [1.807, 2.05) is 0 Å². The van der Waals surface area contributed by atoms with Crippen LogP contribution in [0.2, 0.25) is 0 Å². The quantitative estimate of drug-likeness (QED) is 0.618. The number of aromatic nitrogens is 1. The minimum absolute atomic E-state index is 0. The highest BCUT2D eigenvalue weighted by molar-refractivity contribution is 7.09. The molecule has 0 spiro atoms. The fourth-order valence-electron chi connectivity index (χ4n) is 2.84. The topological polar surface area (TPSA) is 94.3 Å². The highest BCUT2D eigenvalue weighted by Gasteiger charge is 2.41. The number of carbonyl (C=O) groups is 2. The monoisotopic (exact) mass is 361 g/mol. The highest BCUT2D eigenvalue weighted by atomic mass is 35.5. The van der Waals surface area contributed by atoms with Crippen LogP contribution in [0, 0.1) is 0 Å². The molecule has 0 aliphatic heterocycles. The van der Waals surface area contributed by atoms with Crippen LogP contribution in [0.25, 0.3) is 0 Å². The van der Waals surface area contributed by atoms with Gasteiger partial charge in [-0.05, 0) is 19.4 Å². The number of hydrogen-bond donors (Lipinski definition) is 2. The van der Waals surface area contributed by atoms with Gasteiger partial charge < -0.3 is 15.8 Å². The Bertz CT molecular complexity index is 528. The van der Waals surface area contributed by atoms with Crippen molar-refractivity contribution in [2.24, 2.45) is 5.73 Å². The molecule has 1 saturated carbocycles. The molecule has 1 aliphatic carbocycles. The van der Waals surface area contributed by atoms with Gasteiger partial charge in [0.1, 0.15) is 11.2 Å². The molecule has 6 nitrogen and oxygen atoms in total. The average molecular weight is 362 g/mol. The summed E-state index contributed by atoms with van der Waals surface area (Å²) in [4.78, 5) is 29.0. The van der Waals surface area contributed by atoms with Gasteiger partial charge in [-0.15, -0.1) is 23.7 Å². The Morgan fingerprint density at radius 3 is 2.57 bits per heavy atom. The summed E-state index contributed by atoms with van der Waals surface area (Å²) < 4.78 is 4.94. The van der Waals surface area contributed by atoms with Gasteiger partial charge in [-0.25, -0.2) is 9.78 Å². The summed E-state index contributed by atoms with van der Waals surface area (Å²) in [6.07, 6.45) is 5.85. The number of hydrogen-bond acceptors (Lipinski definition) is 6. The molecule has 1 aromatic heterocycles. The molecule has 2 rings (SSSR count). The summed E-state index contributed by atoms with van der Waals surface area (Å²) in [5.74, 6) is -0.674. The number of nitrogens with zero attached hydrogens (tertiary/aromatic N) is 1. The Morgan fingerprint density at radius 2 is 2.00 bits per heavy atom. The third-order valence-corrected chi connectivity index (χ3v) is 4.94. The summed E-state index contributed by atoms with van der Waals surface area (Å²) in [5, 5.41) is 5.44. The summed E-state index contributed by atoms with van der Waals surface area (Å²) in [6.45, 7) is 0.501. The van der Waals surface area contributed by atoms with Crippen LogP contribution in [0.1, 0.15) is 54.0 Å². The van der Waals surface area contributed by atoms with Crippen LogP contribution in [-0.2, 0) is 16.0 Å². The number of amides is 1. The molecular weight excluding hydrogens is 338 g/mol. The molecule has 0 saturated heterocycles. The lowest BCUT2D eigenvalue weighted by Crippen LogP contribution is -2.54. The summed E-state index contributed by atoms with van der Waals surface area (Å²) in [5.41, 5.74) is 4.93. The van der Waals surface area contributed by atoms with E-state index in [0.717, 1.165) is 30.7 Å². The van der Waals surface area contributed by atoms with Crippen LogP contribution in [0.4, 0.5) is 0 Å². The molecule has 1 fully saturated rings. The number of esters is 1. The van der Waals surface area contributed by atoms with Crippen molar-refractivity contribution in [2.75, 3.05) is 13.7 Å². The molecule has 0 bridgehead atoms. The van der Waals surface area contributed by atoms with E-state index < -0.39 is 5.54 Å². The molecule has 3 N–H and O–H groups in total. The van der Waals surface area contributed by atoms with Crippen LogP contribution in [0.5, 0.6) is 0 Å². The number of halogens is 1. The number of nitrogens with one attached hydrogen (secondary N) is 1. The van der Waals surface area contributed by atoms with Crippen LogP contribution in [-0.4, -0.2) is 36.1 Å². The first-order valence-electron chi connectivity index (χ1n) is 7.67. The molecule has 130 valence electrons. The largest absolute Gasteiger partial charge is 0.467 e. The molecule has 1 heterocycles. The van der Waals surface area contributed by atoms with Crippen molar-refractivity contribution in [1.82, 2.24) is 10.3 Å². The molecule has 1 amide bonds. The SMILES string of the molecule is COC(=O)C1(NC(=O)c2csc(CCN)n2)CCCCCC1.Cl. The number of methoxy groups -OCH3 is 1. The second-order valence-corrected chi connectivity index (χ2v) is 6.55. The second kappa shape index (κ2) is 9.20. The third kappa shape index (κ3) is 4.89. The third-order valence-electron chi connectivity index (χ3n) is 4.03. The van der Waals surface area contributed by atoms with Gasteiger partial charge in [0.25, 0.3) is 5.91 Å². The van der Waals surface area contributed by atoms with Gasteiger partial charge in [-0.3, -0.25) is 4.79 Å². The Balaban J connectivity index is 0.00000264. The van der Waals surface area contributed by atoms with Gasteiger partial charge >= 0.3 is 5.97 Å². The predicted octanol–water partition coefficient (Wildman–Crippen LogP) is 2.06. The first-order chi connectivity index (χ1) is 10.6. The fraction of sp³-hybridized carbons (Fsp3) is 0.667. The summed E-state index contributed by atoms with van der Waals surface area (Å²) >= 11 is 1.41. The van der Waals surface area contributed by atoms with Crippen molar-refractivity contribution in [1.29, 1.82) is 0 Å². The Hall–Kier alpha value is -1.18. The molecular formula is C15H24ClN3O3S. The second-order valence-electron chi connectivity index (χ2n) is 5.61. The van der Waals surface area contributed by atoms with Crippen molar-refractivity contribution in [3.05, 3.63) is 16.1 Å². The lowest BCUT2D eigenvalue weighted by atomic mass is 9.90. The number of nitrogens with two attached hydrogens (primary N) is 1. The Kier molecular flexibility index (Phi) is 7.94. The smallest absolute Gasteiger partial charge is 0.331 e. The minimum Gasteiger partial charge on any atom is -0.467 e. The van der Waals surface area contributed by atoms with Crippen molar-refractivity contribution >= 4 is 35.6 Å². The van der Waals surface area contributed by atoms with Gasteiger partial charge in [-0.1, -0.05) is 25.7 Å². The first-order valence-corrected chi connectivity index (χ1v) is 8.54. The van der Waals surface area contributed by atoms with Gasteiger partial charge in [0.05, 0.1) is 12.1 Å². The maximum Gasteiger partial charge on any atom is 0.331 e. The van der Waals surface area contributed by atoms with Crippen molar-refractivity contribution in [3.63, 3.8) is 0 Å². The fourth-order valence-corrected chi connectivity index (χ4v) is 3.64. The lowest BCUT2D eigenvalue weighted by Gasteiger charge is -2.30. The molecule has 0 radical (unpaired) electrons. The van der Waals surface area contributed by atoms with E-state index in [2.05, 4.69) is 10.3 Å². The van der Waals surface area contributed by atoms with E-state index in [4.69, 9.17) is 10.5 Å². The van der Waals surface area contributed by atoms with Crippen LogP contribution < -0.4 is 11.1 Å². The molecule has 0 unspecified atom stereocenters. The summed E-state index contributed by atoms with van der Waals surface area (Å²) in [6, 6.07) is 0. The maximum absolute atomic E-state index is 12.5. The van der Waals surface area contributed by atoms with E-state index in [9.17, 15) is 9.59 Å². The Morgan fingerprint density at radius 1 is 1.35 bits per heavy atom. The molecule has 1 aromatic rings. The van der Waals surface area contributed by atoms with Crippen LogP contribution in [0.3, 0.4) is 0 Å². The van der Waals surface area contributed by atoms with E-state index in [-0.39, 0.29) is 24.3 Å². The number of rotatable bonds is 5. The number of carbonyl (C=O) groups excluding carboxylic acids is 2. The molecule has 0 aromatic carbocycles. The van der Waals surface area contributed by atoms with Crippen molar-refractivity contribution < 1.29 is 14.3 Å². The average Bonchev–Trinajstić information content (AvgIpc) is 2.86. The van der Waals surface area contributed by atoms with Gasteiger partial charge in [-0.2, -0.15) is 0 Å². The minimum atomic E-state index is -0.917. The first kappa shape index (κ1) is 19.9. The van der Waals surface area contributed by atoms with Crippen LogP contribution >= 0.6 is 23.7 Å². The molecule has 8 heteroatoms. The highest BCUT2D eigenvalue weighted by Crippen LogP contribution is 2.29. The standard InChI is InChI=1S/C15H23N3O3S.ClH/c1-21-14(20)15(7-4-2-3-5-8-15)18-13(19)11-10-22-12(17-11)6-9-16;/h10H,2-9,16H2,1H3,(H,18,19);1H. The number of ether oxygens (including phenoxy) is 1. The van der Waals surface area contributed by atoms with Crippen molar-refractivity contribution in [2.45, 2.75) is 50.5 Å². The van der Waals surface area contributed by atoms with Gasteiger partial charge in [0.2, 0.25) is 0 Å². The van der Waals surface area contributed by atoms with Crippen molar-refractivity contribution in [3.8, 4) is 0 Å². The zero-order valence-corrected chi connectivity index (χ0v) is 14.9. The lowest BCUT2D eigenvalue weighted by molar-refractivity contribution is -0.148. The normalized spacial score (nSPS) is 16.8. The zero-order chi connectivity index (χ0) is 16.0.